The first-order chi connectivity index (χ1) is 16.6. The van der Waals surface area contributed by atoms with E-state index >= 15 is 0 Å². The molecule has 0 atom stereocenters. The molecule has 6 nitrogen and oxygen atoms in total. The van der Waals surface area contributed by atoms with Crippen molar-refractivity contribution in [3.05, 3.63) is 78.3 Å². The Labute approximate surface area is 198 Å². The lowest BCUT2D eigenvalue weighted by atomic mass is 9.99. The van der Waals surface area contributed by atoms with Gasteiger partial charge in [-0.05, 0) is 87.8 Å². The van der Waals surface area contributed by atoms with Crippen LogP contribution in [0.25, 0.3) is 27.9 Å². The highest BCUT2D eigenvalue weighted by atomic mass is 19.1. The summed E-state index contributed by atoms with van der Waals surface area (Å²) in [5, 5.41) is 3.04. The molecule has 0 radical (unpaired) electrons. The number of H-pyrrole nitrogens is 1. The highest BCUT2D eigenvalue weighted by molar-refractivity contribution is 5.89. The fourth-order valence-corrected chi connectivity index (χ4v) is 4.62. The number of imidazole rings is 1. The number of hydrogen-bond donors (Lipinski definition) is 2. The van der Waals surface area contributed by atoms with Gasteiger partial charge in [0.1, 0.15) is 18.2 Å². The van der Waals surface area contributed by atoms with Gasteiger partial charge in [-0.1, -0.05) is 6.07 Å². The Balaban J connectivity index is 1.39. The van der Waals surface area contributed by atoms with Gasteiger partial charge < -0.3 is 10.2 Å². The number of aromatic amines is 1. The molecule has 5 rings (SSSR count). The molecule has 0 aliphatic carbocycles. The van der Waals surface area contributed by atoms with Crippen LogP contribution in [0.3, 0.4) is 0 Å². The highest BCUT2D eigenvalue weighted by Crippen LogP contribution is 2.30. The van der Waals surface area contributed by atoms with Crippen LogP contribution in [0, 0.1) is 12.7 Å². The number of fused-ring (bicyclic) bond motifs is 1. The molecular weight excluding hydrogens is 429 g/mol. The van der Waals surface area contributed by atoms with E-state index in [0.29, 0.717) is 17.9 Å². The molecule has 3 aromatic heterocycles. The van der Waals surface area contributed by atoms with E-state index in [4.69, 9.17) is 0 Å². The summed E-state index contributed by atoms with van der Waals surface area (Å²) in [6.07, 6.45) is 9.01. The summed E-state index contributed by atoms with van der Waals surface area (Å²) in [5.41, 5.74) is 4.94. The molecule has 0 unspecified atom stereocenters. The molecule has 4 aromatic rings. The Morgan fingerprint density at radius 1 is 1.18 bits per heavy atom. The van der Waals surface area contributed by atoms with E-state index in [2.05, 4.69) is 20.2 Å². The molecule has 174 valence electrons. The maximum Gasteiger partial charge on any atom is 0.350 e. The molecule has 0 bridgehead atoms. The van der Waals surface area contributed by atoms with Crippen molar-refractivity contribution in [1.29, 1.82) is 0 Å². The van der Waals surface area contributed by atoms with E-state index < -0.39 is 0 Å². The zero-order chi connectivity index (χ0) is 23.5. The number of nitrogens with zero attached hydrogens (tertiary/aromatic N) is 3. The fraction of sp³-hybridized carbons (Fsp3) is 0.296. The molecule has 7 heteroatoms. The Morgan fingerprint density at radius 3 is 2.82 bits per heavy atom. The van der Waals surface area contributed by atoms with Crippen LogP contribution in [0.15, 0.2) is 61.1 Å². The SMILES string of the molecule is Cc1cc(-c2ncccc2-c2ccc3c[nH]c(C(=O)NCCCN4CCCC4)[n+]3c2)ccc1F. The molecule has 1 aliphatic heterocycles. The smallest absolute Gasteiger partial charge is 0.345 e. The number of aromatic nitrogens is 3. The minimum absolute atomic E-state index is 0.126. The van der Waals surface area contributed by atoms with Crippen molar-refractivity contribution in [2.45, 2.75) is 26.2 Å². The molecule has 34 heavy (non-hydrogen) atoms. The maximum atomic E-state index is 13.8. The van der Waals surface area contributed by atoms with E-state index in [1.54, 1.807) is 19.2 Å². The largest absolute Gasteiger partial charge is 0.350 e. The number of likely N-dealkylation sites (tertiary alicyclic amines) is 1. The Bertz CT molecular complexity index is 1330. The molecule has 1 aromatic carbocycles. The summed E-state index contributed by atoms with van der Waals surface area (Å²) in [5.74, 6) is 0.127. The van der Waals surface area contributed by atoms with Crippen LogP contribution in [0.2, 0.25) is 0 Å². The zero-order valence-corrected chi connectivity index (χ0v) is 19.4. The van der Waals surface area contributed by atoms with E-state index in [1.165, 1.54) is 32.0 Å². The molecule has 1 fully saturated rings. The summed E-state index contributed by atoms with van der Waals surface area (Å²) >= 11 is 0. The van der Waals surface area contributed by atoms with Crippen molar-refractivity contribution in [3.63, 3.8) is 0 Å². The van der Waals surface area contributed by atoms with Crippen molar-refractivity contribution < 1.29 is 13.6 Å². The van der Waals surface area contributed by atoms with Crippen LogP contribution in [-0.4, -0.2) is 47.0 Å². The number of nitrogens with one attached hydrogen (secondary N) is 2. The van der Waals surface area contributed by atoms with Gasteiger partial charge in [0.25, 0.3) is 0 Å². The van der Waals surface area contributed by atoms with Crippen molar-refractivity contribution in [2.24, 2.45) is 0 Å². The number of carbonyl (C=O) groups is 1. The first kappa shape index (κ1) is 22.2. The van der Waals surface area contributed by atoms with Crippen molar-refractivity contribution in [3.8, 4) is 22.4 Å². The van der Waals surface area contributed by atoms with Crippen molar-refractivity contribution in [1.82, 2.24) is 20.2 Å². The van der Waals surface area contributed by atoms with Crippen molar-refractivity contribution >= 4 is 11.4 Å². The average molecular weight is 459 g/mol. The number of halogens is 1. The van der Waals surface area contributed by atoms with Crippen LogP contribution >= 0.6 is 0 Å². The average Bonchev–Trinajstić information content (AvgIpc) is 3.53. The number of aryl methyl sites for hydroxylation is 1. The van der Waals surface area contributed by atoms with Gasteiger partial charge >= 0.3 is 11.7 Å². The van der Waals surface area contributed by atoms with Crippen LogP contribution < -0.4 is 9.72 Å². The van der Waals surface area contributed by atoms with Gasteiger partial charge in [-0.15, -0.1) is 0 Å². The summed E-state index contributed by atoms with van der Waals surface area (Å²) in [6, 6.07) is 12.9. The van der Waals surface area contributed by atoms with E-state index in [1.807, 2.05) is 47.1 Å². The summed E-state index contributed by atoms with van der Waals surface area (Å²) in [4.78, 5) is 23.0. The molecule has 0 saturated carbocycles. The minimum Gasteiger partial charge on any atom is -0.345 e. The van der Waals surface area contributed by atoms with Gasteiger partial charge in [0.15, 0.2) is 5.52 Å². The lowest BCUT2D eigenvalue weighted by molar-refractivity contribution is -0.513. The minimum atomic E-state index is -0.235. The lowest BCUT2D eigenvalue weighted by Crippen LogP contribution is -2.36. The Morgan fingerprint density at radius 2 is 2.00 bits per heavy atom. The third-order valence-corrected chi connectivity index (χ3v) is 6.48. The number of hydrogen-bond acceptors (Lipinski definition) is 3. The maximum absolute atomic E-state index is 13.8. The molecule has 1 amide bonds. The standard InChI is InChI=1S/C27H28FN5O/c1-19-16-20(8-10-24(19)28)25-23(6-4-11-29-25)21-7-9-22-17-31-26(33(22)18-21)27(34)30-12-5-15-32-13-2-3-14-32/h4,6-11,16-18H,2-3,5,12-15H2,1H3,(H,30,34)/p+1. The summed E-state index contributed by atoms with van der Waals surface area (Å²) in [6.45, 7) is 5.75. The molecule has 1 aliphatic rings. The fourth-order valence-electron chi connectivity index (χ4n) is 4.62. The van der Waals surface area contributed by atoms with Gasteiger partial charge in [0.2, 0.25) is 0 Å². The predicted molar refractivity (Wildman–Crippen MR) is 130 cm³/mol. The van der Waals surface area contributed by atoms with Gasteiger partial charge in [0.05, 0.1) is 5.69 Å². The first-order valence-corrected chi connectivity index (χ1v) is 11.9. The molecule has 1 saturated heterocycles. The number of pyridine rings is 2. The first-order valence-electron chi connectivity index (χ1n) is 11.9. The normalized spacial score (nSPS) is 14.1. The zero-order valence-electron chi connectivity index (χ0n) is 19.4. The van der Waals surface area contributed by atoms with Crippen LogP contribution in [0.5, 0.6) is 0 Å². The van der Waals surface area contributed by atoms with Crippen LogP contribution in [0.4, 0.5) is 4.39 Å². The summed E-state index contributed by atoms with van der Waals surface area (Å²) in [7, 11) is 0. The molecular formula is C27H29FN5O+. The predicted octanol–water partition coefficient (Wildman–Crippen LogP) is 4.15. The quantitative estimate of drug-likeness (QED) is 0.323. The van der Waals surface area contributed by atoms with E-state index in [-0.39, 0.29) is 11.7 Å². The number of amides is 1. The molecule has 2 N–H and O–H groups in total. The van der Waals surface area contributed by atoms with Crippen molar-refractivity contribution in [2.75, 3.05) is 26.2 Å². The number of carbonyl (C=O) groups excluding carboxylic acids is 1. The van der Waals surface area contributed by atoms with Gasteiger partial charge in [-0.3, -0.25) is 9.78 Å². The molecule has 4 heterocycles. The number of benzene rings is 1. The Hall–Kier alpha value is -3.58. The highest BCUT2D eigenvalue weighted by Gasteiger charge is 2.21. The number of rotatable bonds is 7. The third-order valence-electron chi connectivity index (χ3n) is 6.48. The topological polar surface area (TPSA) is 65.1 Å². The monoisotopic (exact) mass is 458 g/mol. The second kappa shape index (κ2) is 9.73. The summed E-state index contributed by atoms with van der Waals surface area (Å²) < 4.78 is 15.7. The lowest BCUT2D eigenvalue weighted by Gasteiger charge is -2.13. The van der Waals surface area contributed by atoms with Crippen LogP contribution in [-0.2, 0) is 0 Å². The second-order valence-corrected chi connectivity index (χ2v) is 8.87. The van der Waals surface area contributed by atoms with Gasteiger partial charge in [0, 0.05) is 29.4 Å². The van der Waals surface area contributed by atoms with E-state index in [0.717, 1.165) is 40.9 Å². The molecule has 0 spiro atoms. The third kappa shape index (κ3) is 4.56. The van der Waals surface area contributed by atoms with E-state index in [9.17, 15) is 9.18 Å². The van der Waals surface area contributed by atoms with Gasteiger partial charge in [-0.25, -0.2) is 9.37 Å². The second-order valence-electron chi connectivity index (χ2n) is 8.87. The Kier molecular flexibility index (Phi) is 6.36. The van der Waals surface area contributed by atoms with Crippen LogP contribution in [0.1, 0.15) is 35.4 Å². The van der Waals surface area contributed by atoms with Gasteiger partial charge in [-0.2, -0.15) is 4.40 Å².